The van der Waals surface area contributed by atoms with Gasteiger partial charge in [0.2, 0.25) is 0 Å². The van der Waals surface area contributed by atoms with Gasteiger partial charge in [0.15, 0.2) is 0 Å². The van der Waals surface area contributed by atoms with Crippen molar-refractivity contribution in [3.05, 3.63) is 83.7 Å². The summed E-state index contributed by atoms with van der Waals surface area (Å²) in [5, 5.41) is 0. The summed E-state index contributed by atoms with van der Waals surface area (Å²) in [6, 6.07) is 14.3. The first-order valence-electron chi connectivity index (χ1n) is 9.65. The lowest BCUT2D eigenvalue weighted by Gasteiger charge is -2.19. The van der Waals surface area contributed by atoms with E-state index in [1.807, 2.05) is 20.8 Å². The fourth-order valence-corrected chi connectivity index (χ4v) is 4.50. The van der Waals surface area contributed by atoms with Crippen LogP contribution in [0.1, 0.15) is 47.1 Å². The SMILES string of the molecule is CC(C)(C)c1ccc(S(=O)(=O)Nc2cccc3c2C(=O)N(c2cccnc2)C3=O)cc1. The van der Waals surface area contributed by atoms with E-state index in [1.165, 1.54) is 42.7 Å². The van der Waals surface area contributed by atoms with Gasteiger partial charge < -0.3 is 0 Å². The summed E-state index contributed by atoms with van der Waals surface area (Å²) in [6.45, 7) is 6.12. The Bertz CT molecular complexity index is 1280. The maximum absolute atomic E-state index is 13.0. The van der Waals surface area contributed by atoms with Crippen molar-refractivity contribution in [2.45, 2.75) is 31.1 Å². The fourth-order valence-electron chi connectivity index (χ4n) is 3.43. The van der Waals surface area contributed by atoms with Gasteiger partial charge in [0.05, 0.1) is 33.6 Å². The Balaban J connectivity index is 1.70. The highest BCUT2D eigenvalue weighted by Crippen LogP contribution is 2.33. The molecule has 158 valence electrons. The van der Waals surface area contributed by atoms with Gasteiger partial charge in [-0.15, -0.1) is 0 Å². The van der Waals surface area contributed by atoms with Gasteiger partial charge in [0.25, 0.3) is 21.8 Å². The van der Waals surface area contributed by atoms with Crippen molar-refractivity contribution in [2.24, 2.45) is 0 Å². The molecule has 2 heterocycles. The van der Waals surface area contributed by atoms with Gasteiger partial charge in [-0.1, -0.05) is 39.0 Å². The predicted molar refractivity (Wildman–Crippen MR) is 118 cm³/mol. The van der Waals surface area contributed by atoms with Crippen LogP contribution >= 0.6 is 0 Å². The Morgan fingerprint density at radius 1 is 0.903 bits per heavy atom. The van der Waals surface area contributed by atoms with Gasteiger partial charge in [0, 0.05) is 6.20 Å². The van der Waals surface area contributed by atoms with Crippen molar-refractivity contribution in [3.63, 3.8) is 0 Å². The number of benzene rings is 2. The number of imide groups is 1. The van der Waals surface area contributed by atoms with Gasteiger partial charge in [-0.3, -0.25) is 19.3 Å². The van der Waals surface area contributed by atoms with E-state index >= 15 is 0 Å². The predicted octanol–water partition coefficient (Wildman–Crippen LogP) is 3.98. The van der Waals surface area contributed by atoms with Crippen LogP contribution in [0.25, 0.3) is 0 Å². The molecule has 4 rings (SSSR count). The molecule has 0 aliphatic carbocycles. The van der Waals surface area contributed by atoms with Gasteiger partial charge in [0.1, 0.15) is 0 Å². The molecule has 0 saturated heterocycles. The van der Waals surface area contributed by atoms with E-state index in [9.17, 15) is 18.0 Å². The quantitative estimate of drug-likeness (QED) is 0.625. The molecule has 31 heavy (non-hydrogen) atoms. The van der Waals surface area contributed by atoms with E-state index in [0.29, 0.717) is 5.69 Å². The summed E-state index contributed by atoms with van der Waals surface area (Å²) in [5.74, 6) is -1.13. The van der Waals surface area contributed by atoms with Crippen LogP contribution in [-0.4, -0.2) is 25.2 Å². The van der Waals surface area contributed by atoms with E-state index in [-0.39, 0.29) is 27.1 Å². The summed E-state index contributed by atoms with van der Waals surface area (Å²) < 4.78 is 28.4. The number of anilines is 2. The van der Waals surface area contributed by atoms with Crippen LogP contribution < -0.4 is 9.62 Å². The first kappa shape index (κ1) is 20.7. The third-order valence-electron chi connectivity index (χ3n) is 5.09. The lowest BCUT2D eigenvalue weighted by atomic mass is 9.87. The number of carbonyl (C=O) groups is 2. The van der Waals surface area contributed by atoms with Crippen LogP contribution in [-0.2, 0) is 15.4 Å². The molecule has 0 atom stereocenters. The normalized spacial score (nSPS) is 14.0. The summed E-state index contributed by atoms with van der Waals surface area (Å²) >= 11 is 0. The number of carbonyl (C=O) groups excluding carboxylic acids is 2. The molecule has 8 heteroatoms. The maximum Gasteiger partial charge on any atom is 0.268 e. The Morgan fingerprint density at radius 2 is 1.61 bits per heavy atom. The van der Waals surface area contributed by atoms with E-state index in [4.69, 9.17) is 0 Å². The molecule has 2 amide bonds. The molecule has 0 spiro atoms. The zero-order chi connectivity index (χ0) is 22.4. The minimum atomic E-state index is -3.96. The lowest BCUT2D eigenvalue weighted by Crippen LogP contribution is -2.29. The van der Waals surface area contributed by atoms with Crippen LogP contribution in [0.15, 0.2) is 71.9 Å². The van der Waals surface area contributed by atoms with E-state index in [2.05, 4.69) is 9.71 Å². The van der Waals surface area contributed by atoms with Gasteiger partial charge in [-0.05, 0) is 47.4 Å². The van der Waals surface area contributed by atoms with Crippen LogP contribution in [0.2, 0.25) is 0 Å². The molecule has 0 saturated carbocycles. The maximum atomic E-state index is 13.0. The van der Waals surface area contributed by atoms with Crippen molar-refractivity contribution in [1.29, 1.82) is 0 Å². The Morgan fingerprint density at radius 3 is 2.23 bits per heavy atom. The molecule has 1 aliphatic rings. The number of hydrogen-bond donors (Lipinski definition) is 1. The highest BCUT2D eigenvalue weighted by molar-refractivity contribution is 7.92. The minimum Gasteiger partial charge on any atom is -0.279 e. The average molecular weight is 436 g/mol. The summed E-state index contributed by atoms with van der Waals surface area (Å²) in [6.07, 6.45) is 2.94. The molecule has 3 aromatic rings. The second-order valence-electron chi connectivity index (χ2n) is 8.26. The lowest BCUT2D eigenvalue weighted by molar-refractivity contribution is 0.0926. The molecular weight excluding hydrogens is 414 g/mol. The van der Waals surface area contributed by atoms with Crippen LogP contribution in [0.3, 0.4) is 0 Å². The standard InChI is InChI=1S/C23H21N3O4S/c1-23(2,3)15-9-11-17(12-10-15)31(29,30)25-19-8-4-7-18-20(19)22(28)26(21(18)27)16-6-5-13-24-14-16/h4-14,25H,1-3H3. The van der Waals surface area contributed by atoms with E-state index in [0.717, 1.165) is 10.5 Å². The van der Waals surface area contributed by atoms with Crippen molar-refractivity contribution < 1.29 is 18.0 Å². The molecule has 7 nitrogen and oxygen atoms in total. The zero-order valence-electron chi connectivity index (χ0n) is 17.3. The van der Waals surface area contributed by atoms with Crippen molar-refractivity contribution in [3.8, 4) is 0 Å². The van der Waals surface area contributed by atoms with Gasteiger partial charge >= 0.3 is 0 Å². The van der Waals surface area contributed by atoms with Crippen LogP contribution in [0.4, 0.5) is 11.4 Å². The highest BCUT2D eigenvalue weighted by Gasteiger charge is 2.39. The Labute approximate surface area is 180 Å². The van der Waals surface area contributed by atoms with Gasteiger partial charge in [-0.2, -0.15) is 0 Å². The van der Waals surface area contributed by atoms with Crippen LogP contribution in [0, 0.1) is 0 Å². The van der Waals surface area contributed by atoms with Crippen molar-refractivity contribution in [1.82, 2.24) is 4.98 Å². The molecule has 1 N–H and O–H groups in total. The molecule has 0 bridgehead atoms. The van der Waals surface area contributed by atoms with Gasteiger partial charge in [-0.25, -0.2) is 13.3 Å². The summed E-state index contributed by atoms with van der Waals surface area (Å²) in [5.41, 5.74) is 1.42. The minimum absolute atomic E-state index is 0.0197. The molecule has 0 unspecified atom stereocenters. The summed E-state index contributed by atoms with van der Waals surface area (Å²) in [7, 11) is -3.96. The second kappa shape index (κ2) is 7.31. The number of rotatable bonds is 4. The number of aromatic nitrogens is 1. The van der Waals surface area contributed by atoms with Crippen LogP contribution in [0.5, 0.6) is 0 Å². The number of hydrogen-bond acceptors (Lipinski definition) is 5. The third kappa shape index (κ3) is 3.70. The smallest absolute Gasteiger partial charge is 0.268 e. The Hall–Kier alpha value is -3.52. The molecule has 0 fully saturated rings. The van der Waals surface area contributed by atoms with E-state index in [1.54, 1.807) is 24.3 Å². The molecule has 1 aromatic heterocycles. The molecular formula is C23H21N3O4S. The zero-order valence-corrected chi connectivity index (χ0v) is 18.1. The number of amides is 2. The summed E-state index contributed by atoms with van der Waals surface area (Å²) in [4.78, 5) is 30.9. The topological polar surface area (TPSA) is 96.4 Å². The number of fused-ring (bicyclic) bond motifs is 1. The fraction of sp³-hybridized carbons (Fsp3) is 0.174. The first-order valence-corrected chi connectivity index (χ1v) is 11.1. The van der Waals surface area contributed by atoms with E-state index < -0.39 is 21.8 Å². The first-order chi connectivity index (χ1) is 14.6. The highest BCUT2D eigenvalue weighted by atomic mass is 32.2. The molecule has 2 aromatic carbocycles. The molecule has 0 radical (unpaired) electrons. The average Bonchev–Trinajstić information content (AvgIpc) is 2.99. The third-order valence-corrected chi connectivity index (χ3v) is 6.48. The number of nitrogens with zero attached hydrogens (tertiary/aromatic N) is 2. The number of nitrogens with one attached hydrogen (secondary N) is 1. The monoisotopic (exact) mass is 435 g/mol. The van der Waals surface area contributed by atoms with Crippen molar-refractivity contribution >= 4 is 33.2 Å². The number of sulfonamides is 1. The molecule has 1 aliphatic heterocycles. The largest absolute Gasteiger partial charge is 0.279 e. The second-order valence-corrected chi connectivity index (χ2v) is 9.95. The van der Waals surface area contributed by atoms with Crippen molar-refractivity contribution in [2.75, 3.05) is 9.62 Å². The Kier molecular flexibility index (Phi) is 4.89. The number of pyridine rings is 1.